The van der Waals surface area contributed by atoms with Crippen molar-refractivity contribution in [3.63, 3.8) is 0 Å². The van der Waals surface area contributed by atoms with Gasteiger partial charge in [-0.1, -0.05) is 19.3 Å². The topological polar surface area (TPSA) is 89.3 Å². The van der Waals surface area contributed by atoms with E-state index in [0.717, 1.165) is 25.7 Å². The van der Waals surface area contributed by atoms with Gasteiger partial charge in [-0.25, -0.2) is 8.42 Å². The minimum atomic E-state index is -3.41. The van der Waals surface area contributed by atoms with Crippen molar-refractivity contribution in [1.29, 1.82) is 0 Å². The second-order valence-corrected chi connectivity index (χ2v) is 7.67. The van der Waals surface area contributed by atoms with Crippen LogP contribution < -0.4 is 10.5 Å². The predicted molar refractivity (Wildman–Crippen MR) is 69.3 cm³/mol. The highest BCUT2D eigenvalue weighted by Crippen LogP contribution is 2.38. The molecule has 0 aromatic carbocycles. The molecular formula is C12H22N2O3S. The Morgan fingerprint density at radius 3 is 2.33 bits per heavy atom. The van der Waals surface area contributed by atoms with Gasteiger partial charge in [0.05, 0.1) is 5.25 Å². The van der Waals surface area contributed by atoms with Gasteiger partial charge < -0.3 is 5.73 Å². The fraction of sp³-hybridized carbons (Fsp3) is 0.917. The molecule has 6 heteroatoms. The van der Waals surface area contributed by atoms with Gasteiger partial charge in [-0.2, -0.15) is 0 Å². The Morgan fingerprint density at radius 2 is 1.83 bits per heavy atom. The standard InChI is InChI=1S/C12H22N2O3S/c13-9-12(6-2-1-3-7-12)8-11(15)14-18(16,17)10-4-5-10/h10H,1-9,13H2,(H,14,15). The molecule has 0 aromatic rings. The van der Waals surface area contributed by atoms with E-state index in [2.05, 4.69) is 4.72 Å². The van der Waals surface area contributed by atoms with Crippen LogP contribution in [-0.2, 0) is 14.8 Å². The van der Waals surface area contributed by atoms with Crippen LogP contribution in [0.15, 0.2) is 0 Å². The van der Waals surface area contributed by atoms with Crippen LogP contribution in [0.25, 0.3) is 0 Å². The number of rotatable bonds is 5. The van der Waals surface area contributed by atoms with Gasteiger partial charge in [-0.15, -0.1) is 0 Å². The summed E-state index contributed by atoms with van der Waals surface area (Å²) in [7, 11) is -3.41. The fourth-order valence-corrected chi connectivity index (χ4v) is 4.06. The van der Waals surface area contributed by atoms with Crippen molar-refractivity contribution in [2.45, 2.75) is 56.6 Å². The van der Waals surface area contributed by atoms with Crippen molar-refractivity contribution in [3.8, 4) is 0 Å². The molecule has 2 aliphatic rings. The molecule has 2 saturated carbocycles. The van der Waals surface area contributed by atoms with E-state index >= 15 is 0 Å². The van der Waals surface area contributed by atoms with Gasteiger partial charge in [0.2, 0.25) is 15.9 Å². The van der Waals surface area contributed by atoms with Crippen LogP contribution in [-0.4, -0.2) is 26.1 Å². The molecule has 0 saturated heterocycles. The van der Waals surface area contributed by atoms with E-state index in [1.54, 1.807) is 0 Å². The Labute approximate surface area is 109 Å². The van der Waals surface area contributed by atoms with E-state index in [-0.39, 0.29) is 23.0 Å². The van der Waals surface area contributed by atoms with Crippen molar-refractivity contribution < 1.29 is 13.2 Å². The number of amides is 1. The number of sulfonamides is 1. The third-order valence-corrected chi connectivity index (χ3v) is 5.96. The first-order valence-electron chi connectivity index (χ1n) is 6.72. The summed E-state index contributed by atoms with van der Waals surface area (Å²) >= 11 is 0. The van der Waals surface area contributed by atoms with E-state index in [9.17, 15) is 13.2 Å². The molecule has 2 aliphatic carbocycles. The summed E-state index contributed by atoms with van der Waals surface area (Å²) in [6.45, 7) is 0.462. The normalized spacial score (nSPS) is 23.6. The fourth-order valence-electron chi connectivity index (χ4n) is 2.75. The molecule has 104 valence electrons. The van der Waals surface area contributed by atoms with E-state index in [0.29, 0.717) is 19.4 Å². The molecule has 1 amide bonds. The lowest BCUT2D eigenvalue weighted by atomic mass is 9.72. The Morgan fingerprint density at radius 1 is 1.22 bits per heavy atom. The Bertz CT molecular complexity index is 409. The lowest BCUT2D eigenvalue weighted by Crippen LogP contribution is -2.41. The van der Waals surface area contributed by atoms with Gasteiger partial charge in [-0.3, -0.25) is 9.52 Å². The first-order chi connectivity index (χ1) is 8.47. The molecule has 0 bridgehead atoms. The van der Waals surface area contributed by atoms with Crippen molar-refractivity contribution in [2.24, 2.45) is 11.1 Å². The van der Waals surface area contributed by atoms with Gasteiger partial charge in [0.25, 0.3) is 0 Å². The Balaban J connectivity index is 1.93. The van der Waals surface area contributed by atoms with Crippen molar-refractivity contribution in [1.82, 2.24) is 4.72 Å². The van der Waals surface area contributed by atoms with Gasteiger partial charge in [0.1, 0.15) is 0 Å². The smallest absolute Gasteiger partial charge is 0.237 e. The summed E-state index contributed by atoms with van der Waals surface area (Å²) in [4.78, 5) is 11.9. The number of hydrogen-bond acceptors (Lipinski definition) is 4. The van der Waals surface area contributed by atoms with Crippen molar-refractivity contribution in [3.05, 3.63) is 0 Å². The Hall–Kier alpha value is -0.620. The van der Waals surface area contributed by atoms with Gasteiger partial charge in [0.15, 0.2) is 0 Å². The van der Waals surface area contributed by atoms with Crippen LogP contribution in [0.4, 0.5) is 0 Å². The van der Waals surface area contributed by atoms with E-state index in [4.69, 9.17) is 5.73 Å². The molecule has 0 aliphatic heterocycles. The maximum Gasteiger partial charge on any atom is 0.237 e. The number of carbonyl (C=O) groups is 1. The third kappa shape index (κ3) is 3.23. The number of carbonyl (C=O) groups excluding carboxylic acids is 1. The van der Waals surface area contributed by atoms with E-state index in [1.165, 1.54) is 6.42 Å². The first-order valence-corrected chi connectivity index (χ1v) is 8.27. The predicted octanol–water partition coefficient (Wildman–Crippen LogP) is 0.894. The summed E-state index contributed by atoms with van der Waals surface area (Å²) in [5.41, 5.74) is 5.61. The monoisotopic (exact) mass is 274 g/mol. The highest BCUT2D eigenvalue weighted by atomic mass is 32.2. The molecule has 0 aromatic heterocycles. The zero-order valence-corrected chi connectivity index (χ0v) is 11.5. The molecular weight excluding hydrogens is 252 g/mol. The largest absolute Gasteiger partial charge is 0.330 e. The molecule has 0 unspecified atom stereocenters. The van der Waals surface area contributed by atoms with Gasteiger partial charge in [0, 0.05) is 6.42 Å². The average Bonchev–Trinajstić information content (AvgIpc) is 3.13. The van der Waals surface area contributed by atoms with E-state index < -0.39 is 10.0 Å². The second kappa shape index (κ2) is 5.17. The Kier molecular flexibility index (Phi) is 3.96. The number of hydrogen-bond donors (Lipinski definition) is 2. The average molecular weight is 274 g/mol. The molecule has 0 spiro atoms. The molecule has 0 atom stereocenters. The summed E-state index contributed by atoms with van der Waals surface area (Å²) in [6.07, 6.45) is 6.80. The zero-order chi connectivity index (χ0) is 13.2. The van der Waals surface area contributed by atoms with Crippen molar-refractivity contribution >= 4 is 15.9 Å². The second-order valence-electron chi connectivity index (χ2n) is 5.71. The molecule has 3 N–H and O–H groups in total. The maximum atomic E-state index is 11.9. The molecule has 5 nitrogen and oxygen atoms in total. The lowest BCUT2D eigenvalue weighted by molar-refractivity contribution is -0.122. The number of nitrogens with two attached hydrogens (primary N) is 1. The molecule has 2 fully saturated rings. The number of nitrogens with one attached hydrogen (secondary N) is 1. The molecule has 2 rings (SSSR count). The quantitative estimate of drug-likeness (QED) is 0.779. The summed E-state index contributed by atoms with van der Waals surface area (Å²) in [5, 5.41) is -0.346. The third-order valence-electron chi connectivity index (χ3n) is 4.10. The van der Waals surface area contributed by atoms with E-state index in [1.807, 2.05) is 0 Å². The van der Waals surface area contributed by atoms with Gasteiger partial charge >= 0.3 is 0 Å². The molecule has 0 heterocycles. The van der Waals surface area contributed by atoms with Crippen LogP contribution >= 0.6 is 0 Å². The summed E-state index contributed by atoms with van der Waals surface area (Å²) in [6, 6.07) is 0. The van der Waals surface area contributed by atoms with Crippen molar-refractivity contribution in [2.75, 3.05) is 6.54 Å². The van der Waals surface area contributed by atoms with Crippen LogP contribution in [0, 0.1) is 5.41 Å². The SMILES string of the molecule is NCC1(CC(=O)NS(=O)(=O)C2CC2)CCCCC1. The zero-order valence-electron chi connectivity index (χ0n) is 10.7. The molecule has 0 radical (unpaired) electrons. The van der Waals surface area contributed by atoms with Crippen LogP contribution in [0.5, 0.6) is 0 Å². The lowest BCUT2D eigenvalue weighted by Gasteiger charge is -2.35. The first kappa shape index (κ1) is 13.8. The minimum Gasteiger partial charge on any atom is -0.330 e. The minimum absolute atomic E-state index is 0.179. The summed E-state index contributed by atoms with van der Waals surface area (Å²) < 4.78 is 25.6. The highest BCUT2D eigenvalue weighted by Gasteiger charge is 2.39. The van der Waals surface area contributed by atoms with Gasteiger partial charge in [-0.05, 0) is 37.6 Å². The van der Waals surface area contributed by atoms with Crippen LogP contribution in [0.2, 0.25) is 0 Å². The highest BCUT2D eigenvalue weighted by molar-refractivity contribution is 7.90. The van der Waals surface area contributed by atoms with Crippen LogP contribution in [0.1, 0.15) is 51.4 Å². The maximum absolute atomic E-state index is 11.9. The van der Waals surface area contributed by atoms with Crippen LogP contribution in [0.3, 0.4) is 0 Å². The summed E-state index contributed by atoms with van der Waals surface area (Å²) in [5.74, 6) is -0.380. The molecule has 18 heavy (non-hydrogen) atoms.